The van der Waals surface area contributed by atoms with Gasteiger partial charge in [0.2, 0.25) is 0 Å². The Morgan fingerprint density at radius 3 is 3.07 bits per heavy atom. The molecule has 0 spiro atoms. The lowest BCUT2D eigenvalue weighted by atomic mass is 9.95. The summed E-state index contributed by atoms with van der Waals surface area (Å²) in [5.41, 5.74) is 1.30. The SMILES string of the molecule is COc1cccc(C2C=COCC2)c1. The van der Waals surface area contributed by atoms with Gasteiger partial charge in [-0.05, 0) is 30.2 Å². The van der Waals surface area contributed by atoms with Crippen LogP contribution in [0.4, 0.5) is 0 Å². The van der Waals surface area contributed by atoms with E-state index in [0.717, 1.165) is 18.8 Å². The molecule has 0 aromatic heterocycles. The molecule has 0 fully saturated rings. The maximum Gasteiger partial charge on any atom is 0.119 e. The molecular formula is C12H14O2. The third kappa shape index (κ3) is 1.90. The second-order valence-electron chi connectivity index (χ2n) is 3.37. The van der Waals surface area contributed by atoms with Gasteiger partial charge < -0.3 is 9.47 Å². The number of rotatable bonds is 2. The highest BCUT2D eigenvalue weighted by atomic mass is 16.5. The van der Waals surface area contributed by atoms with E-state index in [0.29, 0.717) is 5.92 Å². The number of allylic oxidation sites excluding steroid dienone is 1. The lowest BCUT2D eigenvalue weighted by Crippen LogP contribution is -2.04. The second-order valence-corrected chi connectivity index (χ2v) is 3.37. The minimum Gasteiger partial charge on any atom is -0.501 e. The average Bonchev–Trinajstić information content (AvgIpc) is 2.30. The van der Waals surface area contributed by atoms with Gasteiger partial charge >= 0.3 is 0 Å². The Morgan fingerprint density at radius 2 is 2.36 bits per heavy atom. The van der Waals surface area contributed by atoms with Crippen molar-refractivity contribution in [3.8, 4) is 5.75 Å². The topological polar surface area (TPSA) is 18.5 Å². The Labute approximate surface area is 84.2 Å². The molecule has 1 atom stereocenters. The first-order valence-electron chi connectivity index (χ1n) is 4.82. The van der Waals surface area contributed by atoms with Crippen LogP contribution in [0.5, 0.6) is 5.75 Å². The lowest BCUT2D eigenvalue weighted by molar-refractivity contribution is 0.222. The molecule has 0 N–H and O–H groups in total. The molecule has 2 nitrogen and oxygen atoms in total. The Hall–Kier alpha value is -1.44. The smallest absolute Gasteiger partial charge is 0.119 e. The summed E-state index contributed by atoms with van der Waals surface area (Å²) in [5, 5.41) is 0. The van der Waals surface area contributed by atoms with Crippen molar-refractivity contribution in [2.45, 2.75) is 12.3 Å². The maximum absolute atomic E-state index is 5.19. The summed E-state index contributed by atoms with van der Waals surface area (Å²) in [4.78, 5) is 0. The summed E-state index contributed by atoms with van der Waals surface area (Å²) < 4.78 is 10.4. The van der Waals surface area contributed by atoms with E-state index < -0.39 is 0 Å². The molecule has 1 aromatic rings. The molecule has 0 amide bonds. The standard InChI is InChI=1S/C12H14O2/c1-13-12-4-2-3-11(9-12)10-5-7-14-8-6-10/h2-5,7,9-10H,6,8H2,1H3. The molecule has 1 heterocycles. The molecule has 2 rings (SSSR count). The molecule has 0 aliphatic carbocycles. The van der Waals surface area contributed by atoms with Crippen LogP contribution in [0.2, 0.25) is 0 Å². The van der Waals surface area contributed by atoms with Gasteiger partial charge in [0.15, 0.2) is 0 Å². The third-order valence-corrected chi connectivity index (χ3v) is 2.48. The highest BCUT2D eigenvalue weighted by Crippen LogP contribution is 2.26. The summed E-state index contributed by atoms with van der Waals surface area (Å²) >= 11 is 0. The summed E-state index contributed by atoms with van der Waals surface area (Å²) in [6, 6.07) is 8.20. The van der Waals surface area contributed by atoms with Crippen molar-refractivity contribution >= 4 is 0 Å². The van der Waals surface area contributed by atoms with E-state index in [1.807, 2.05) is 12.1 Å². The van der Waals surface area contributed by atoms with Crippen molar-refractivity contribution in [2.75, 3.05) is 13.7 Å². The van der Waals surface area contributed by atoms with E-state index in [2.05, 4.69) is 18.2 Å². The van der Waals surface area contributed by atoms with Gasteiger partial charge in [-0.3, -0.25) is 0 Å². The minimum absolute atomic E-state index is 0.471. The Bertz CT molecular complexity index is 331. The van der Waals surface area contributed by atoms with Crippen LogP contribution in [0.25, 0.3) is 0 Å². The van der Waals surface area contributed by atoms with Crippen LogP contribution < -0.4 is 4.74 Å². The molecule has 1 unspecified atom stereocenters. The Morgan fingerprint density at radius 1 is 1.43 bits per heavy atom. The monoisotopic (exact) mass is 190 g/mol. The highest BCUT2D eigenvalue weighted by molar-refractivity contribution is 5.32. The molecule has 0 saturated heterocycles. The number of methoxy groups -OCH3 is 1. The second kappa shape index (κ2) is 4.18. The molecule has 1 aromatic carbocycles. The Balaban J connectivity index is 2.22. The summed E-state index contributed by atoms with van der Waals surface area (Å²) in [5.74, 6) is 1.39. The number of benzene rings is 1. The van der Waals surface area contributed by atoms with Crippen LogP contribution in [-0.2, 0) is 4.74 Å². The highest BCUT2D eigenvalue weighted by Gasteiger charge is 2.11. The zero-order chi connectivity index (χ0) is 9.80. The summed E-state index contributed by atoms with van der Waals surface area (Å²) in [7, 11) is 1.69. The first kappa shape index (κ1) is 9.13. The average molecular weight is 190 g/mol. The molecule has 0 saturated carbocycles. The van der Waals surface area contributed by atoms with Gasteiger partial charge in [0.25, 0.3) is 0 Å². The fourth-order valence-corrected chi connectivity index (χ4v) is 1.66. The molecule has 2 heteroatoms. The van der Waals surface area contributed by atoms with E-state index in [1.165, 1.54) is 5.56 Å². The van der Waals surface area contributed by atoms with Crippen molar-refractivity contribution in [1.82, 2.24) is 0 Å². The van der Waals surface area contributed by atoms with Gasteiger partial charge in [0, 0.05) is 5.92 Å². The van der Waals surface area contributed by atoms with E-state index >= 15 is 0 Å². The number of ether oxygens (including phenoxy) is 2. The van der Waals surface area contributed by atoms with Crippen molar-refractivity contribution in [1.29, 1.82) is 0 Å². The normalized spacial score (nSPS) is 20.2. The van der Waals surface area contributed by atoms with E-state index in [9.17, 15) is 0 Å². The van der Waals surface area contributed by atoms with Crippen LogP contribution in [-0.4, -0.2) is 13.7 Å². The fourth-order valence-electron chi connectivity index (χ4n) is 1.66. The predicted octanol–water partition coefficient (Wildman–Crippen LogP) is 2.71. The first-order chi connectivity index (χ1) is 6.90. The van der Waals surface area contributed by atoms with Gasteiger partial charge in [-0.25, -0.2) is 0 Å². The number of hydrogen-bond acceptors (Lipinski definition) is 2. The largest absolute Gasteiger partial charge is 0.501 e. The zero-order valence-corrected chi connectivity index (χ0v) is 8.27. The van der Waals surface area contributed by atoms with Crippen LogP contribution >= 0.6 is 0 Å². The molecule has 0 bridgehead atoms. The zero-order valence-electron chi connectivity index (χ0n) is 8.27. The van der Waals surface area contributed by atoms with Crippen LogP contribution in [0, 0.1) is 0 Å². The van der Waals surface area contributed by atoms with Crippen LogP contribution in [0.3, 0.4) is 0 Å². The molecule has 14 heavy (non-hydrogen) atoms. The lowest BCUT2D eigenvalue weighted by Gasteiger charge is -2.17. The van der Waals surface area contributed by atoms with Crippen molar-refractivity contribution in [3.63, 3.8) is 0 Å². The van der Waals surface area contributed by atoms with Gasteiger partial charge in [-0.1, -0.05) is 12.1 Å². The van der Waals surface area contributed by atoms with E-state index in [4.69, 9.17) is 9.47 Å². The molecule has 0 radical (unpaired) electrons. The molecular weight excluding hydrogens is 176 g/mol. The summed E-state index contributed by atoms with van der Waals surface area (Å²) in [6.07, 6.45) is 4.93. The van der Waals surface area contributed by atoms with Crippen molar-refractivity contribution in [2.24, 2.45) is 0 Å². The van der Waals surface area contributed by atoms with Gasteiger partial charge in [0.05, 0.1) is 20.0 Å². The molecule has 1 aliphatic rings. The minimum atomic E-state index is 0.471. The molecule has 1 aliphatic heterocycles. The van der Waals surface area contributed by atoms with Crippen molar-refractivity contribution in [3.05, 3.63) is 42.2 Å². The summed E-state index contributed by atoms with van der Waals surface area (Å²) in [6.45, 7) is 0.804. The Kier molecular flexibility index (Phi) is 2.73. The molecule has 74 valence electrons. The van der Waals surface area contributed by atoms with Gasteiger partial charge in [0.1, 0.15) is 5.75 Å². The van der Waals surface area contributed by atoms with E-state index in [-0.39, 0.29) is 0 Å². The quantitative estimate of drug-likeness (QED) is 0.713. The predicted molar refractivity (Wildman–Crippen MR) is 55.4 cm³/mol. The fraction of sp³-hybridized carbons (Fsp3) is 0.333. The first-order valence-corrected chi connectivity index (χ1v) is 4.82. The van der Waals surface area contributed by atoms with Gasteiger partial charge in [-0.2, -0.15) is 0 Å². The van der Waals surface area contributed by atoms with Crippen LogP contribution in [0.1, 0.15) is 17.9 Å². The number of hydrogen-bond donors (Lipinski definition) is 0. The van der Waals surface area contributed by atoms with E-state index in [1.54, 1.807) is 13.4 Å². The van der Waals surface area contributed by atoms with Gasteiger partial charge in [-0.15, -0.1) is 0 Å². The maximum atomic E-state index is 5.19. The third-order valence-electron chi connectivity index (χ3n) is 2.48. The van der Waals surface area contributed by atoms with Crippen LogP contribution in [0.15, 0.2) is 36.6 Å². The van der Waals surface area contributed by atoms with Crippen molar-refractivity contribution < 1.29 is 9.47 Å².